The van der Waals surface area contributed by atoms with Crippen molar-refractivity contribution in [1.82, 2.24) is 25.2 Å². The molecule has 4 rings (SSSR count). The highest BCUT2D eigenvalue weighted by Crippen LogP contribution is 2.32. The van der Waals surface area contributed by atoms with E-state index >= 15 is 0 Å². The number of esters is 1. The van der Waals surface area contributed by atoms with Crippen LogP contribution in [-0.2, 0) is 16.0 Å². The molecule has 192 valence electrons. The standard InChI is InChI=1S/C27H34FN5O3/c1-18(2)21-8-4-20(5-9-21)15-32-16-23(33-17-24(30-31-33)27(35)36-3)14-25(32)26(34)29-13-12-19-6-10-22(28)11-7-19/h4,6-7,10-11,17,21,23,25H,1,5,8-9,12-16H2,2-3H3,(H,29,34)/t21-,23-,25+/m1/s1. The molecule has 1 aliphatic carbocycles. The third kappa shape index (κ3) is 6.26. The first-order valence-corrected chi connectivity index (χ1v) is 12.4. The van der Waals surface area contributed by atoms with Crippen LogP contribution in [0.25, 0.3) is 0 Å². The molecule has 1 aliphatic heterocycles. The van der Waals surface area contributed by atoms with Crippen LogP contribution in [0.5, 0.6) is 0 Å². The third-order valence-electron chi connectivity index (χ3n) is 7.20. The summed E-state index contributed by atoms with van der Waals surface area (Å²) >= 11 is 0. The Morgan fingerprint density at radius 1 is 1.28 bits per heavy atom. The Morgan fingerprint density at radius 3 is 2.72 bits per heavy atom. The predicted octanol–water partition coefficient (Wildman–Crippen LogP) is 3.48. The van der Waals surface area contributed by atoms with Crippen molar-refractivity contribution in [1.29, 1.82) is 0 Å². The van der Waals surface area contributed by atoms with Gasteiger partial charge in [0.05, 0.1) is 25.4 Å². The number of likely N-dealkylation sites (tertiary alicyclic amines) is 1. The van der Waals surface area contributed by atoms with Gasteiger partial charge < -0.3 is 10.1 Å². The molecular formula is C27H34FN5O3. The summed E-state index contributed by atoms with van der Waals surface area (Å²) in [6.45, 7) is 8.00. The van der Waals surface area contributed by atoms with Gasteiger partial charge in [0.2, 0.25) is 5.91 Å². The lowest BCUT2D eigenvalue weighted by molar-refractivity contribution is -0.125. The molecule has 1 aromatic carbocycles. The minimum atomic E-state index is -0.536. The van der Waals surface area contributed by atoms with Gasteiger partial charge in [0.1, 0.15) is 5.82 Å². The van der Waals surface area contributed by atoms with E-state index in [2.05, 4.69) is 40.1 Å². The van der Waals surface area contributed by atoms with Crippen LogP contribution in [0.15, 0.2) is 54.3 Å². The van der Waals surface area contributed by atoms with E-state index in [0.29, 0.717) is 38.4 Å². The van der Waals surface area contributed by atoms with Gasteiger partial charge in [-0.3, -0.25) is 9.69 Å². The maximum absolute atomic E-state index is 13.3. The molecule has 1 fully saturated rings. The van der Waals surface area contributed by atoms with Crippen molar-refractivity contribution in [2.75, 3.05) is 26.7 Å². The highest BCUT2D eigenvalue weighted by Gasteiger charge is 2.38. The van der Waals surface area contributed by atoms with E-state index in [-0.39, 0.29) is 29.5 Å². The molecule has 0 saturated carbocycles. The van der Waals surface area contributed by atoms with Crippen molar-refractivity contribution in [2.45, 2.75) is 51.1 Å². The molecule has 2 heterocycles. The highest BCUT2D eigenvalue weighted by molar-refractivity contribution is 5.86. The smallest absolute Gasteiger partial charge is 0.360 e. The van der Waals surface area contributed by atoms with Crippen molar-refractivity contribution in [2.24, 2.45) is 5.92 Å². The number of hydrogen-bond donors (Lipinski definition) is 1. The molecule has 0 spiro atoms. The Bertz CT molecular complexity index is 1130. The van der Waals surface area contributed by atoms with Crippen molar-refractivity contribution in [3.05, 3.63) is 71.3 Å². The quantitative estimate of drug-likeness (QED) is 0.423. The molecule has 1 N–H and O–H groups in total. The number of carbonyl (C=O) groups excluding carboxylic acids is 2. The molecule has 0 unspecified atom stereocenters. The summed E-state index contributed by atoms with van der Waals surface area (Å²) in [4.78, 5) is 27.3. The van der Waals surface area contributed by atoms with E-state index in [1.54, 1.807) is 23.0 Å². The summed E-state index contributed by atoms with van der Waals surface area (Å²) in [5.41, 5.74) is 3.68. The number of amides is 1. The lowest BCUT2D eigenvalue weighted by Gasteiger charge is -2.28. The molecule has 2 aliphatic rings. The first kappa shape index (κ1) is 25.8. The average Bonchev–Trinajstić information content (AvgIpc) is 3.53. The maximum atomic E-state index is 13.3. The fourth-order valence-corrected chi connectivity index (χ4v) is 5.01. The zero-order valence-corrected chi connectivity index (χ0v) is 21.0. The summed E-state index contributed by atoms with van der Waals surface area (Å²) in [5, 5.41) is 11.1. The summed E-state index contributed by atoms with van der Waals surface area (Å²) in [6, 6.07) is 5.91. The molecule has 36 heavy (non-hydrogen) atoms. The molecular weight excluding hydrogens is 461 g/mol. The monoisotopic (exact) mass is 495 g/mol. The summed E-state index contributed by atoms with van der Waals surface area (Å²) < 4.78 is 19.6. The van der Waals surface area contributed by atoms with E-state index in [4.69, 9.17) is 4.74 Å². The average molecular weight is 496 g/mol. The topological polar surface area (TPSA) is 89.3 Å². The van der Waals surface area contributed by atoms with Crippen LogP contribution < -0.4 is 5.32 Å². The number of aromatic nitrogens is 3. The van der Waals surface area contributed by atoms with E-state index in [1.807, 2.05) is 0 Å². The minimum absolute atomic E-state index is 0.0378. The SMILES string of the molecule is C=C(C)[C@@H]1CC=C(CN2C[C@H](n3cc(C(=O)OC)nn3)C[C@H]2C(=O)NCCc2ccc(F)cc2)CC1. The van der Waals surface area contributed by atoms with E-state index in [9.17, 15) is 14.0 Å². The number of methoxy groups -OCH3 is 1. The molecule has 1 aromatic heterocycles. The first-order valence-electron chi connectivity index (χ1n) is 12.4. The maximum Gasteiger partial charge on any atom is 0.360 e. The van der Waals surface area contributed by atoms with Crippen LogP contribution in [0.1, 0.15) is 54.7 Å². The zero-order valence-electron chi connectivity index (χ0n) is 21.0. The van der Waals surface area contributed by atoms with E-state index < -0.39 is 5.97 Å². The molecule has 1 amide bonds. The second-order valence-corrected chi connectivity index (χ2v) is 9.76. The highest BCUT2D eigenvalue weighted by atomic mass is 19.1. The predicted molar refractivity (Wildman–Crippen MR) is 134 cm³/mol. The fraction of sp³-hybridized carbons (Fsp3) is 0.481. The largest absolute Gasteiger partial charge is 0.464 e. The molecule has 0 bridgehead atoms. The van der Waals surface area contributed by atoms with Crippen molar-refractivity contribution < 1.29 is 18.7 Å². The Labute approximate surface area is 211 Å². The molecule has 9 heteroatoms. The zero-order chi connectivity index (χ0) is 25.7. The first-order chi connectivity index (χ1) is 17.3. The Morgan fingerprint density at radius 2 is 2.06 bits per heavy atom. The second-order valence-electron chi connectivity index (χ2n) is 9.76. The minimum Gasteiger partial charge on any atom is -0.464 e. The second kappa shape index (κ2) is 11.6. The number of halogens is 1. The Hall–Kier alpha value is -3.33. The normalized spacial score (nSPS) is 22.2. The van der Waals surface area contributed by atoms with Crippen molar-refractivity contribution in [3.63, 3.8) is 0 Å². The van der Waals surface area contributed by atoms with Crippen LogP contribution in [-0.4, -0.2) is 64.6 Å². The van der Waals surface area contributed by atoms with E-state index in [0.717, 1.165) is 24.8 Å². The van der Waals surface area contributed by atoms with Gasteiger partial charge in [-0.1, -0.05) is 41.1 Å². The van der Waals surface area contributed by atoms with Gasteiger partial charge in [-0.15, -0.1) is 5.10 Å². The summed E-state index contributed by atoms with van der Waals surface area (Å²) in [6.07, 6.45) is 8.13. The molecule has 2 aromatic rings. The van der Waals surface area contributed by atoms with Crippen LogP contribution in [0.4, 0.5) is 4.39 Å². The number of carbonyl (C=O) groups is 2. The lowest BCUT2D eigenvalue weighted by atomic mass is 9.85. The number of nitrogens with one attached hydrogen (secondary N) is 1. The molecule has 0 radical (unpaired) electrons. The summed E-state index contributed by atoms with van der Waals surface area (Å²) in [7, 11) is 1.31. The van der Waals surface area contributed by atoms with Gasteiger partial charge >= 0.3 is 5.97 Å². The molecule has 3 atom stereocenters. The van der Waals surface area contributed by atoms with Gasteiger partial charge in [0, 0.05) is 19.6 Å². The third-order valence-corrected chi connectivity index (χ3v) is 7.20. The Kier molecular flexibility index (Phi) is 8.30. The molecule has 1 saturated heterocycles. The van der Waals surface area contributed by atoms with Crippen LogP contribution in [0, 0.1) is 11.7 Å². The number of hydrogen-bond acceptors (Lipinski definition) is 6. The Balaban J connectivity index is 1.43. The van der Waals surface area contributed by atoms with Crippen LogP contribution in [0.3, 0.4) is 0 Å². The van der Waals surface area contributed by atoms with Gasteiger partial charge in [-0.05, 0) is 62.6 Å². The number of ether oxygens (including phenoxy) is 1. The summed E-state index contributed by atoms with van der Waals surface area (Å²) in [5.74, 6) is -0.322. The van der Waals surface area contributed by atoms with Crippen LogP contribution >= 0.6 is 0 Å². The number of rotatable bonds is 9. The van der Waals surface area contributed by atoms with E-state index in [1.165, 1.54) is 30.4 Å². The number of nitrogens with zero attached hydrogens (tertiary/aromatic N) is 4. The van der Waals surface area contributed by atoms with Gasteiger partial charge in [-0.25, -0.2) is 13.9 Å². The molecule has 8 nitrogen and oxygen atoms in total. The van der Waals surface area contributed by atoms with Crippen molar-refractivity contribution >= 4 is 11.9 Å². The number of benzene rings is 1. The van der Waals surface area contributed by atoms with Gasteiger partial charge in [0.25, 0.3) is 0 Å². The fourth-order valence-electron chi connectivity index (χ4n) is 5.01. The lowest BCUT2D eigenvalue weighted by Crippen LogP contribution is -2.44. The van der Waals surface area contributed by atoms with Crippen LogP contribution in [0.2, 0.25) is 0 Å². The van der Waals surface area contributed by atoms with Gasteiger partial charge in [0.15, 0.2) is 5.69 Å². The number of allylic oxidation sites excluding steroid dienone is 2. The van der Waals surface area contributed by atoms with Crippen molar-refractivity contribution in [3.8, 4) is 0 Å². The van der Waals surface area contributed by atoms with Gasteiger partial charge in [-0.2, -0.15) is 0 Å².